The highest BCUT2D eigenvalue weighted by Gasteiger charge is 2.16. The van der Waals surface area contributed by atoms with Crippen molar-refractivity contribution >= 4 is 16.9 Å². The standard InChI is InChI=1S/C22H23NO4/c1-15(2)12-19(16-6-4-3-5-7-16)23-21(24)14-26-18-10-8-17-9-11-22(25)27-20(17)13-18/h3-11,13,15,19H,12,14H2,1-2H3,(H,23,24)/t19-/m0/s1. The van der Waals surface area contributed by atoms with E-state index in [2.05, 4.69) is 19.2 Å². The average Bonchev–Trinajstić information content (AvgIpc) is 2.66. The molecule has 5 heteroatoms. The third-order valence-corrected chi connectivity index (χ3v) is 4.21. The zero-order chi connectivity index (χ0) is 19.2. The third-order valence-electron chi connectivity index (χ3n) is 4.21. The van der Waals surface area contributed by atoms with E-state index in [1.165, 1.54) is 6.07 Å². The Labute approximate surface area is 158 Å². The van der Waals surface area contributed by atoms with Gasteiger partial charge in [-0.25, -0.2) is 4.79 Å². The second-order valence-corrected chi connectivity index (χ2v) is 6.90. The molecular weight excluding hydrogens is 342 g/mol. The minimum atomic E-state index is -0.420. The summed E-state index contributed by atoms with van der Waals surface area (Å²) >= 11 is 0. The maximum absolute atomic E-state index is 12.4. The summed E-state index contributed by atoms with van der Waals surface area (Å²) in [4.78, 5) is 23.7. The van der Waals surface area contributed by atoms with E-state index in [-0.39, 0.29) is 18.6 Å². The summed E-state index contributed by atoms with van der Waals surface area (Å²) in [5, 5.41) is 3.84. The van der Waals surface area contributed by atoms with Gasteiger partial charge in [0.15, 0.2) is 6.61 Å². The van der Waals surface area contributed by atoms with Gasteiger partial charge >= 0.3 is 5.63 Å². The molecule has 5 nitrogen and oxygen atoms in total. The number of amides is 1. The largest absolute Gasteiger partial charge is 0.484 e. The van der Waals surface area contributed by atoms with Crippen molar-refractivity contribution in [3.63, 3.8) is 0 Å². The van der Waals surface area contributed by atoms with Gasteiger partial charge in [-0.05, 0) is 36.1 Å². The van der Waals surface area contributed by atoms with E-state index in [0.29, 0.717) is 17.3 Å². The molecule has 1 aromatic heterocycles. The van der Waals surface area contributed by atoms with Crippen LogP contribution in [0.1, 0.15) is 31.9 Å². The van der Waals surface area contributed by atoms with E-state index in [0.717, 1.165) is 17.4 Å². The molecule has 0 aliphatic heterocycles. The van der Waals surface area contributed by atoms with Crippen molar-refractivity contribution in [1.29, 1.82) is 0 Å². The number of ether oxygens (including phenoxy) is 1. The van der Waals surface area contributed by atoms with Crippen LogP contribution in [0.25, 0.3) is 11.0 Å². The summed E-state index contributed by atoms with van der Waals surface area (Å²) in [6.07, 6.45) is 0.844. The number of fused-ring (bicyclic) bond motifs is 1. The summed E-state index contributed by atoms with van der Waals surface area (Å²) in [7, 11) is 0. The lowest BCUT2D eigenvalue weighted by Gasteiger charge is -2.21. The van der Waals surface area contributed by atoms with E-state index in [1.807, 2.05) is 30.3 Å². The lowest BCUT2D eigenvalue weighted by molar-refractivity contribution is -0.124. The van der Waals surface area contributed by atoms with Crippen LogP contribution in [0.4, 0.5) is 0 Å². The average molecular weight is 365 g/mol. The minimum Gasteiger partial charge on any atom is -0.484 e. The van der Waals surface area contributed by atoms with Gasteiger partial charge in [-0.3, -0.25) is 4.79 Å². The van der Waals surface area contributed by atoms with E-state index < -0.39 is 5.63 Å². The fourth-order valence-corrected chi connectivity index (χ4v) is 2.95. The first-order valence-corrected chi connectivity index (χ1v) is 9.02. The molecular formula is C22H23NO4. The molecule has 0 saturated carbocycles. The van der Waals surface area contributed by atoms with Gasteiger partial charge < -0.3 is 14.5 Å². The van der Waals surface area contributed by atoms with Crippen LogP contribution in [-0.4, -0.2) is 12.5 Å². The van der Waals surface area contributed by atoms with Gasteiger partial charge in [-0.1, -0.05) is 44.2 Å². The highest BCUT2D eigenvalue weighted by Crippen LogP contribution is 2.22. The molecule has 0 aliphatic carbocycles. The van der Waals surface area contributed by atoms with Gasteiger partial charge in [0, 0.05) is 17.5 Å². The second-order valence-electron chi connectivity index (χ2n) is 6.90. The number of nitrogens with one attached hydrogen (secondary N) is 1. The molecule has 3 aromatic rings. The monoisotopic (exact) mass is 365 g/mol. The third kappa shape index (κ3) is 5.20. The Bertz CT molecular complexity index is 963. The highest BCUT2D eigenvalue weighted by molar-refractivity contribution is 5.79. The molecule has 1 N–H and O–H groups in total. The van der Waals surface area contributed by atoms with E-state index in [4.69, 9.17) is 9.15 Å². The van der Waals surface area contributed by atoms with Crippen molar-refractivity contribution in [3.05, 3.63) is 76.6 Å². The quantitative estimate of drug-likeness (QED) is 0.641. The molecule has 0 radical (unpaired) electrons. The molecule has 0 unspecified atom stereocenters. The molecule has 0 saturated heterocycles. The Morgan fingerprint density at radius 2 is 1.81 bits per heavy atom. The number of benzene rings is 2. The fraction of sp³-hybridized carbons (Fsp3) is 0.273. The van der Waals surface area contributed by atoms with Gasteiger partial charge in [-0.2, -0.15) is 0 Å². The first-order chi connectivity index (χ1) is 13.0. The summed E-state index contributed by atoms with van der Waals surface area (Å²) in [5.41, 5.74) is 1.09. The van der Waals surface area contributed by atoms with Crippen molar-refractivity contribution in [1.82, 2.24) is 5.32 Å². The minimum absolute atomic E-state index is 0.0584. The summed E-state index contributed by atoms with van der Waals surface area (Å²) < 4.78 is 10.7. The predicted octanol–water partition coefficient (Wildman–Crippen LogP) is 4.08. The molecule has 1 amide bonds. The van der Waals surface area contributed by atoms with Crippen molar-refractivity contribution in [3.8, 4) is 5.75 Å². The van der Waals surface area contributed by atoms with Crippen LogP contribution < -0.4 is 15.7 Å². The van der Waals surface area contributed by atoms with E-state index in [9.17, 15) is 9.59 Å². The summed E-state index contributed by atoms with van der Waals surface area (Å²) in [6, 6.07) is 18.1. The number of hydrogen-bond acceptors (Lipinski definition) is 4. The van der Waals surface area contributed by atoms with Gasteiger partial charge in [0.1, 0.15) is 11.3 Å². The zero-order valence-corrected chi connectivity index (χ0v) is 15.5. The molecule has 1 atom stereocenters. The molecule has 3 rings (SSSR count). The molecule has 1 heterocycles. The second kappa shape index (κ2) is 8.54. The first-order valence-electron chi connectivity index (χ1n) is 9.02. The van der Waals surface area contributed by atoms with Crippen molar-refractivity contribution in [2.45, 2.75) is 26.3 Å². The lowest BCUT2D eigenvalue weighted by atomic mass is 9.97. The molecule has 0 aliphatic rings. The van der Waals surface area contributed by atoms with Crippen LogP contribution in [0.5, 0.6) is 5.75 Å². The number of hydrogen-bond donors (Lipinski definition) is 1. The molecule has 2 aromatic carbocycles. The topological polar surface area (TPSA) is 68.5 Å². The number of rotatable bonds is 7. The number of carbonyl (C=O) groups excluding carboxylic acids is 1. The van der Waals surface area contributed by atoms with Crippen molar-refractivity contribution in [2.24, 2.45) is 5.92 Å². The Balaban J connectivity index is 1.64. The molecule has 0 fully saturated rings. The maximum Gasteiger partial charge on any atom is 0.336 e. The van der Waals surface area contributed by atoms with Crippen LogP contribution in [0.2, 0.25) is 0 Å². The number of carbonyl (C=O) groups is 1. The van der Waals surface area contributed by atoms with Gasteiger partial charge in [0.05, 0.1) is 6.04 Å². The van der Waals surface area contributed by atoms with E-state index >= 15 is 0 Å². The zero-order valence-electron chi connectivity index (χ0n) is 15.5. The van der Waals surface area contributed by atoms with Crippen LogP contribution in [0, 0.1) is 5.92 Å². The Hall–Kier alpha value is -3.08. The van der Waals surface area contributed by atoms with Crippen LogP contribution in [-0.2, 0) is 4.79 Å². The molecule has 140 valence electrons. The SMILES string of the molecule is CC(C)C[C@H](NC(=O)COc1ccc2ccc(=O)oc2c1)c1ccccc1. The summed E-state index contributed by atoms with van der Waals surface area (Å²) in [6.45, 7) is 4.15. The Morgan fingerprint density at radius 3 is 2.56 bits per heavy atom. The normalized spacial score (nSPS) is 12.1. The lowest BCUT2D eigenvalue weighted by Crippen LogP contribution is -2.33. The highest BCUT2D eigenvalue weighted by atomic mass is 16.5. The molecule has 0 bridgehead atoms. The van der Waals surface area contributed by atoms with Crippen molar-refractivity contribution in [2.75, 3.05) is 6.61 Å². The maximum atomic E-state index is 12.4. The first kappa shape index (κ1) is 18.7. The predicted molar refractivity (Wildman–Crippen MR) is 105 cm³/mol. The van der Waals surface area contributed by atoms with Crippen LogP contribution in [0.3, 0.4) is 0 Å². The van der Waals surface area contributed by atoms with Gasteiger partial charge in [0.2, 0.25) is 0 Å². The Morgan fingerprint density at radius 1 is 1.07 bits per heavy atom. The molecule has 0 spiro atoms. The van der Waals surface area contributed by atoms with Gasteiger partial charge in [0.25, 0.3) is 5.91 Å². The Kier molecular flexibility index (Phi) is 5.91. The summed E-state index contributed by atoms with van der Waals surface area (Å²) in [5.74, 6) is 0.728. The van der Waals surface area contributed by atoms with Crippen LogP contribution >= 0.6 is 0 Å². The molecule has 27 heavy (non-hydrogen) atoms. The van der Waals surface area contributed by atoms with Crippen molar-refractivity contribution < 1.29 is 13.9 Å². The fourth-order valence-electron chi connectivity index (χ4n) is 2.95. The van der Waals surface area contributed by atoms with Gasteiger partial charge in [-0.15, -0.1) is 0 Å². The van der Waals surface area contributed by atoms with Crippen LogP contribution in [0.15, 0.2) is 69.9 Å². The van der Waals surface area contributed by atoms with E-state index in [1.54, 1.807) is 24.3 Å². The smallest absolute Gasteiger partial charge is 0.336 e.